The predicted molar refractivity (Wildman–Crippen MR) is 118 cm³/mol. The summed E-state index contributed by atoms with van der Waals surface area (Å²) in [6, 6.07) is 17.6. The first-order valence-corrected chi connectivity index (χ1v) is 9.78. The topological polar surface area (TPSA) is 125 Å². The molecule has 0 saturated carbocycles. The maximum atomic E-state index is 11.7. The van der Waals surface area contributed by atoms with Crippen molar-refractivity contribution in [2.75, 3.05) is 11.9 Å². The second kappa shape index (κ2) is 7.58. The number of benzene rings is 2. The maximum Gasteiger partial charge on any atom is 0.372 e. The molecule has 2 N–H and O–H groups in total. The van der Waals surface area contributed by atoms with Crippen molar-refractivity contribution < 1.29 is 9.90 Å². The number of fused-ring (bicyclic) bond motifs is 1. The van der Waals surface area contributed by atoms with Gasteiger partial charge < -0.3 is 10.0 Å². The molecule has 10 heteroatoms. The Morgan fingerprint density at radius 3 is 2.53 bits per heavy atom. The molecule has 0 aliphatic rings. The summed E-state index contributed by atoms with van der Waals surface area (Å²) in [4.78, 5) is 22.0. The number of aromatic carboxylic acids is 1. The van der Waals surface area contributed by atoms with Crippen molar-refractivity contribution in [3.63, 3.8) is 0 Å². The van der Waals surface area contributed by atoms with E-state index in [4.69, 9.17) is 0 Å². The zero-order chi connectivity index (χ0) is 22.2. The van der Waals surface area contributed by atoms with Crippen LogP contribution in [0.25, 0.3) is 28.2 Å². The summed E-state index contributed by atoms with van der Waals surface area (Å²) in [6.45, 7) is 1.86. The minimum atomic E-state index is -1.11. The van der Waals surface area contributed by atoms with Crippen LogP contribution in [0.4, 0.5) is 11.5 Å². The van der Waals surface area contributed by atoms with Crippen LogP contribution in [0.2, 0.25) is 0 Å². The molecule has 0 saturated heterocycles. The molecule has 0 unspecified atom stereocenters. The minimum Gasteiger partial charge on any atom is -0.475 e. The average Bonchev–Trinajstić information content (AvgIpc) is 3.48. The Bertz CT molecular complexity index is 1420. The summed E-state index contributed by atoms with van der Waals surface area (Å²) in [7, 11) is 1.88. The van der Waals surface area contributed by atoms with Gasteiger partial charge in [0.15, 0.2) is 5.65 Å². The molecule has 0 spiro atoms. The Hall–Kier alpha value is -4.60. The first kappa shape index (κ1) is 19.4. The molecule has 0 amide bonds. The molecular weight excluding hydrogens is 408 g/mol. The monoisotopic (exact) mass is 426 g/mol. The van der Waals surface area contributed by atoms with Gasteiger partial charge in [0.2, 0.25) is 11.6 Å². The number of aromatic amines is 1. The number of anilines is 2. The Kier molecular flexibility index (Phi) is 4.59. The van der Waals surface area contributed by atoms with Crippen molar-refractivity contribution in [1.29, 1.82) is 0 Å². The van der Waals surface area contributed by atoms with Crippen LogP contribution < -0.4 is 4.90 Å². The summed E-state index contributed by atoms with van der Waals surface area (Å²) in [5.41, 5.74) is 4.97. The molecule has 0 aliphatic carbocycles. The lowest BCUT2D eigenvalue weighted by molar-refractivity contribution is 0.0683. The van der Waals surface area contributed by atoms with Gasteiger partial charge in [-0.1, -0.05) is 36.4 Å². The molecule has 5 rings (SSSR count). The zero-order valence-corrected chi connectivity index (χ0v) is 17.3. The third kappa shape index (κ3) is 3.23. The standard InChI is InChI=1S/C22H18N8O2/c1-13-11-19(30-18(24-13)12-23-21(30)22(31)32)29(2)15-9-7-14(8-10-15)16-5-3-4-6-17(16)20-25-27-28-26-20/h3-12H,1-2H3,(H,31,32)(H,25,26,27,28). The molecule has 3 aromatic heterocycles. The van der Waals surface area contributed by atoms with E-state index in [0.717, 1.165) is 28.1 Å². The van der Waals surface area contributed by atoms with Gasteiger partial charge in [-0.15, -0.1) is 10.2 Å². The highest BCUT2D eigenvalue weighted by atomic mass is 16.4. The van der Waals surface area contributed by atoms with Crippen LogP contribution in [-0.2, 0) is 0 Å². The van der Waals surface area contributed by atoms with Gasteiger partial charge in [0.1, 0.15) is 5.82 Å². The number of nitrogens with zero attached hydrogens (tertiary/aromatic N) is 7. The first-order chi connectivity index (χ1) is 15.5. The number of imidazole rings is 1. The number of carboxylic acids is 1. The second-order valence-corrected chi connectivity index (χ2v) is 7.22. The number of rotatable bonds is 5. The van der Waals surface area contributed by atoms with Gasteiger partial charge >= 0.3 is 5.97 Å². The van der Waals surface area contributed by atoms with E-state index in [2.05, 4.69) is 30.6 Å². The van der Waals surface area contributed by atoms with Crippen molar-refractivity contribution in [1.82, 2.24) is 35.0 Å². The summed E-state index contributed by atoms with van der Waals surface area (Å²) in [6.07, 6.45) is 1.46. The Labute approximate surface area is 182 Å². The van der Waals surface area contributed by atoms with Crippen LogP contribution in [0.3, 0.4) is 0 Å². The third-order valence-corrected chi connectivity index (χ3v) is 5.22. The number of nitrogens with one attached hydrogen (secondary N) is 1. The van der Waals surface area contributed by atoms with E-state index in [1.54, 1.807) is 0 Å². The molecule has 0 bridgehead atoms. The van der Waals surface area contributed by atoms with Gasteiger partial charge in [0.05, 0.1) is 6.20 Å². The van der Waals surface area contributed by atoms with Gasteiger partial charge in [0.25, 0.3) is 0 Å². The number of carbonyl (C=O) groups is 1. The maximum absolute atomic E-state index is 11.7. The van der Waals surface area contributed by atoms with Crippen molar-refractivity contribution in [3.05, 3.63) is 72.3 Å². The van der Waals surface area contributed by atoms with Crippen LogP contribution in [0, 0.1) is 6.92 Å². The lowest BCUT2D eigenvalue weighted by Gasteiger charge is -2.22. The molecule has 5 aromatic rings. The van der Waals surface area contributed by atoms with Crippen LogP contribution in [0.15, 0.2) is 60.8 Å². The second-order valence-electron chi connectivity index (χ2n) is 7.22. The third-order valence-electron chi connectivity index (χ3n) is 5.22. The molecule has 0 aliphatic heterocycles. The van der Waals surface area contributed by atoms with Crippen LogP contribution in [0.1, 0.15) is 16.3 Å². The summed E-state index contributed by atoms with van der Waals surface area (Å²) >= 11 is 0. The van der Waals surface area contributed by atoms with Gasteiger partial charge in [-0.25, -0.2) is 14.8 Å². The van der Waals surface area contributed by atoms with E-state index in [9.17, 15) is 9.90 Å². The van der Waals surface area contributed by atoms with Crippen LogP contribution >= 0.6 is 0 Å². The molecular formula is C22H18N8O2. The van der Waals surface area contributed by atoms with Gasteiger partial charge in [-0.05, 0) is 35.4 Å². The van der Waals surface area contributed by atoms with Crippen molar-refractivity contribution >= 4 is 23.1 Å². The quantitative estimate of drug-likeness (QED) is 0.438. The van der Waals surface area contributed by atoms with Crippen molar-refractivity contribution in [3.8, 4) is 22.5 Å². The summed E-state index contributed by atoms with van der Waals surface area (Å²) < 4.78 is 1.54. The highest BCUT2D eigenvalue weighted by Gasteiger charge is 2.19. The number of carboxylic acid groups (broad SMARTS) is 1. The van der Waals surface area contributed by atoms with Gasteiger partial charge in [-0.2, -0.15) is 5.21 Å². The Balaban J connectivity index is 1.55. The van der Waals surface area contributed by atoms with E-state index >= 15 is 0 Å². The summed E-state index contributed by atoms with van der Waals surface area (Å²) in [5.74, 6) is -0.0150. The highest BCUT2D eigenvalue weighted by molar-refractivity contribution is 5.86. The first-order valence-electron chi connectivity index (χ1n) is 9.78. The normalized spacial score (nSPS) is 11.1. The van der Waals surface area contributed by atoms with Crippen molar-refractivity contribution in [2.24, 2.45) is 0 Å². The number of tetrazole rings is 1. The lowest BCUT2D eigenvalue weighted by Crippen LogP contribution is -2.17. The zero-order valence-electron chi connectivity index (χ0n) is 17.3. The van der Waals surface area contributed by atoms with E-state index in [-0.39, 0.29) is 5.82 Å². The molecule has 0 fully saturated rings. The molecule has 0 atom stereocenters. The Morgan fingerprint density at radius 1 is 1.09 bits per heavy atom. The fourth-order valence-corrected chi connectivity index (χ4v) is 3.71. The average molecular weight is 426 g/mol. The van der Waals surface area contributed by atoms with Gasteiger partial charge in [-0.3, -0.25) is 4.40 Å². The number of hydrogen-bond acceptors (Lipinski definition) is 7. The largest absolute Gasteiger partial charge is 0.475 e. The van der Waals surface area contributed by atoms with E-state index < -0.39 is 5.97 Å². The fraction of sp³-hybridized carbons (Fsp3) is 0.0909. The molecule has 3 heterocycles. The minimum absolute atomic E-state index is 0.0833. The van der Waals surface area contributed by atoms with Gasteiger partial charge in [0, 0.05) is 30.1 Å². The summed E-state index contributed by atoms with van der Waals surface area (Å²) in [5, 5.41) is 23.9. The highest BCUT2D eigenvalue weighted by Crippen LogP contribution is 2.32. The predicted octanol–water partition coefficient (Wildman–Crippen LogP) is 3.35. The molecule has 0 radical (unpaired) electrons. The molecule has 2 aromatic carbocycles. The van der Waals surface area contributed by atoms with Crippen LogP contribution in [-0.4, -0.2) is 53.1 Å². The van der Waals surface area contributed by atoms with E-state index in [1.165, 1.54) is 10.6 Å². The number of aryl methyl sites for hydroxylation is 1. The molecule has 158 valence electrons. The smallest absolute Gasteiger partial charge is 0.372 e. The number of hydrogen-bond donors (Lipinski definition) is 2. The number of aromatic nitrogens is 7. The lowest BCUT2D eigenvalue weighted by atomic mass is 9.99. The Morgan fingerprint density at radius 2 is 1.84 bits per heavy atom. The fourth-order valence-electron chi connectivity index (χ4n) is 3.71. The van der Waals surface area contributed by atoms with E-state index in [1.807, 2.05) is 73.5 Å². The van der Waals surface area contributed by atoms with Crippen molar-refractivity contribution in [2.45, 2.75) is 6.92 Å². The molecule has 32 heavy (non-hydrogen) atoms. The van der Waals surface area contributed by atoms with Crippen LogP contribution in [0.5, 0.6) is 0 Å². The SMILES string of the molecule is Cc1cc(N(C)c2ccc(-c3ccccc3-c3nn[nH]n3)cc2)n2c(C(=O)O)ncc2n1. The molecule has 10 nitrogen and oxygen atoms in total. The number of H-pyrrole nitrogens is 1. The van der Waals surface area contributed by atoms with E-state index in [0.29, 0.717) is 17.3 Å².